The van der Waals surface area contributed by atoms with Crippen LogP contribution < -0.4 is 20.8 Å². The van der Waals surface area contributed by atoms with Crippen molar-refractivity contribution >= 4 is 46.9 Å². The molecule has 0 saturated carbocycles. The zero-order chi connectivity index (χ0) is 25.2. The Hall–Kier alpha value is -4.17. The minimum atomic E-state index is -0.942. The van der Waals surface area contributed by atoms with E-state index in [1.54, 1.807) is 30.3 Å². The van der Waals surface area contributed by atoms with Gasteiger partial charge in [-0.25, -0.2) is 5.43 Å². The van der Waals surface area contributed by atoms with E-state index in [0.29, 0.717) is 27.7 Å². The molecule has 0 spiro atoms. The van der Waals surface area contributed by atoms with Crippen molar-refractivity contribution in [2.45, 2.75) is 20.3 Å². The Bertz CT molecular complexity index is 1240. The van der Waals surface area contributed by atoms with Crippen LogP contribution in [0.5, 0.6) is 5.75 Å². The maximum Gasteiger partial charge on any atom is 0.329 e. The first-order valence-electron chi connectivity index (χ1n) is 10.9. The Morgan fingerprint density at radius 2 is 1.71 bits per heavy atom. The average Bonchev–Trinajstić information content (AvgIpc) is 2.85. The second kappa shape index (κ2) is 12.3. The number of ether oxygens (including phenoxy) is 1. The van der Waals surface area contributed by atoms with Crippen LogP contribution in [0.15, 0.2) is 71.8 Å². The number of anilines is 2. The van der Waals surface area contributed by atoms with Crippen LogP contribution in [-0.4, -0.2) is 30.5 Å². The SMILES string of the molecule is CCc1ccc(NC(=O)COc2ccc(Cl)cc2/C=N\NC(=O)C(=O)Nc2ccccc2C)cc1. The molecule has 8 nitrogen and oxygen atoms in total. The molecule has 35 heavy (non-hydrogen) atoms. The van der Waals surface area contributed by atoms with Gasteiger partial charge in [-0.1, -0.05) is 48.9 Å². The van der Waals surface area contributed by atoms with Gasteiger partial charge in [0.25, 0.3) is 5.91 Å². The molecule has 180 valence electrons. The highest BCUT2D eigenvalue weighted by molar-refractivity contribution is 6.39. The van der Waals surface area contributed by atoms with E-state index in [0.717, 1.165) is 12.0 Å². The standard InChI is InChI=1S/C26H25ClN4O4/c1-3-18-8-11-21(12-9-18)29-24(32)16-35-23-13-10-20(27)14-19(23)15-28-31-26(34)25(33)30-22-7-5-4-6-17(22)2/h4-15H,3,16H2,1-2H3,(H,29,32)(H,30,33)(H,31,34)/b28-15-. The van der Waals surface area contributed by atoms with E-state index in [9.17, 15) is 14.4 Å². The topological polar surface area (TPSA) is 109 Å². The van der Waals surface area contributed by atoms with Gasteiger partial charge in [-0.15, -0.1) is 0 Å². The van der Waals surface area contributed by atoms with Crippen molar-refractivity contribution in [2.24, 2.45) is 5.10 Å². The van der Waals surface area contributed by atoms with Crippen LogP contribution in [-0.2, 0) is 20.8 Å². The molecule has 3 rings (SSSR count). The lowest BCUT2D eigenvalue weighted by Gasteiger charge is -2.10. The smallest absolute Gasteiger partial charge is 0.329 e. The number of aryl methyl sites for hydroxylation is 2. The fraction of sp³-hybridized carbons (Fsp3) is 0.154. The first kappa shape index (κ1) is 25.5. The number of carbonyl (C=O) groups excluding carboxylic acids is 3. The van der Waals surface area contributed by atoms with E-state index in [2.05, 4.69) is 28.1 Å². The summed E-state index contributed by atoms with van der Waals surface area (Å²) in [4.78, 5) is 36.5. The molecule has 3 aromatic rings. The molecule has 0 unspecified atom stereocenters. The van der Waals surface area contributed by atoms with Crippen molar-refractivity contribution in [3.63, 3.8) is 0 Å². The molecule has 0 aliphatic rings. The lowest BCUT2D eigenvalue weighted by atomic mass is 10.1. The molecule has 0 fully saturated rings. The lowest BCUT2D eigenvalue weighted by Crippen LogP contribution is -2.32. The number of nitrogens with zero attached hydrogens (tertiary/aromatic N) is 1. The largest absolute Gasteiger partial charge is 0.483 e. The average molecular weight is 493 g/mol. The van der Waals surface area contributed by atoms with Crippen LogP contribution in [0.4, 0.5) is 11.4 Å². The molecular formula is C26H25ClN4O4. The van der Waals surface area contributed by atoms with Crippen LogP contribution >= 0.6 is 11.6 Å². The van der Waals surface area contributed by atoms with Gasteiger partial charge in [0, 0.05) is 22.0 Å². The third kappa shape index (κ3) is 7.68. The number of hydrazone groups is 1. The summed E-state index contributed by atoms with van der Waals surface area (Å²) in [5.41, 5.74) is 5.76. The first-order chi connectivity index (χ1) is 16.9. The summed E-state index contributed by atoms with van der Waals surface area (Å²) in [7, 11) is 0. The summed E-state index contributed by atoms with van der Waals surface area (Å²) < 4.78 is 5.61. The summed E-state index contributed by atoms with van der Waals surface area (Å²) in [6, 6.07) is 19.4. The second-order valence-corrected chi connectivity index (χ2v) is 7.97. The predicted octanol–water partition coefficient (Wildman–Crippen LogP) is 4.32. The minimum absolute atomic E-state index is 0.247. The number of halogens is 1. The maximum atomic E-state index is 12.3. The fourth-order valence-corrected chi connectivity index (χ4v) is 3.20. The van der Waals surface area contributed by atoms with Crippen LogP contribution in [0.2, 0.25) is 5.02 Å². The molecule has 0 saturated heterocycles. The first-order valence-corrected chi connectivity index (χ1v) is 11.2. The third-order valence-electron chi connectivity index (χ3n) is 4.95. The van der Waals surface area contributed by atoms with E-state index in [-0.39, 0.29) is 12.5 Å². The van der Waals surface area contributed by atoms with Gasteiger partial charge in [-0.05, 0) is 60.9 Å². The second-order valence-electron chi connectivity index (χ2n) is 7.54. The number of hydrogen-bond donors (Lipinski definition) is 3. The lowest BCUT2D eigenvalue weighted by molar-refractivity contribution is -0.136. The highest BCUT2D eigenvalue weighted by atomic mass is 35.5. The molecule has 3 N–H and O–H groups in total. The van der Waals surface area contributed by atoms with Crippen LogP contribution in [0.25, 0.3) is 0 Å². The molecule has 0 bridgehead atoms. The van der Waals surface area contributed by atoms with Gasteiger partial charge in [0.05, 0.1) is 6.21 Å². The molecule has 0 heterocycles. The zero-order valence-electron chi connectivity index (χ0n) is 19.3. The Morgan fingerprint density at radius 1 is 0.971 bits per heavy atom. The van der Waals surface area contributed by atoms with E-state index in [4.69, 9.17) is 16.3 Å². The van der Waals surface area contributed by atoms with E-state index in [1.165, 1.54) is 11.8 Å². The monoisotopic (exact) mass is 492 g/mol. The Morgan fingerprint density at radius 3 is 2.43 bits per heavy atom. The van der Waals surface area contributed by atoms with Crippen molar-refractivity contribution in [3.8, 4) is 5.75 Å². The number of hydrogen-bond acceptors (Lipinski definition) is 5. The van der Waals surface area contributed by atoms with Crippen molar-refractivity contribution in [3.05, 3.63) is 88.4 Å². The summed E-state index contributed by atoms with van der Waals surface area (Å²) in [6.45, 7) is 3.62. The summed E-state index contributed by atoms with van der Waals surface area (Å²) >= 11 is 6.06. The summed E-state index contributed by atoms with van der Waals surface area (Å²) in [6.07, 6.45) is 2.19. The van der Waals surface area contributed by atoms with Crippen molar-refractivity contribution < 1.29 is 19.1 Å². The Kier molecular flexibility index (Phi) is 8.97. The number of para-hydroxylation sites is 1. The maximum absolute atomic E-state index is 12.3. The molecule has 3 aromatic carbocycles. The normalized spacial score (nSPS) is 10.6. The molecule has 0 radical (unpaired) electrons. The van der Waals surface area contributed by atoms with Crippen molar-refractivity contribution in [2.75, 3.05) is 17.2 Å². The highest BCUT2D eigenvalue weighted by Crippen LogP contribution is 2.21. The number of benzene rings is 3. The van der Waals surface area contributed by atoms with Crippen molar-refractivity contribution in [1.29, 1.82) is 0 Å². The fourth-order valence-electron chi connectivity index (χ4n) is 3.02. The number of amides is 3. The summed E-state index contributed by atoms with van der Waals surface area (Å²) in [5, 5.41) is 9.51. The van der Waals surface area contributed by atoms with Crippen LogP contribution in [0, 0.1) is 6.92 Å². The van der Waals surface area contributed by atoms with Crippen LogP contribution in [0.1, 0.15) is 23.6 Å². The number of rotatable bonds is 8. The Balaban J connectivity index is 1.57. The van der Waals surface area contributed by atoms with Gasteiger partial charge in [-0.2, -0.15) is 5.10 Å². The van der Waals surface area contributed by atoms with Gasteiger partial charge in [0.1, 0.15) is 5.75 Å². The van der Waals surface area contributed by atoms with Gasteiger partial charge in [-0.3, -0.25) is 14.4 Å². The molecule has 0 aromatic heterocycles. The van der Waals surface area contributed by atoms with Crippen LogP contribution in [0.3, 0.4) is 0 Å². The zero-order valence-corrected chi connectivity index (χ0v) is 20.1. The van der Waals surface area contributed by atoms with Gasteiger partial charge < -0.3 is 15.4 Å². The molecule has 0 aliphatic carbocycles. The van der Waals surface area contributed by atoms with Gasteiger partial charge in [0.15, 0.2) is 6.61 Å². The number of carbonyl (C=O) groups is 3. The predicted molar refractivity (Wildman–Crippen MR) is 137 cm³/mol. The van der Waals surface area contributed by atoms with E-state index >= 15 is 0 Å². The van der Waals surface area contributed by atoms with Gasteiger partial charge >= 0.3 is 11.8 Å². The summed E-state index contributed by atoms with van der Waals surface area (Å²) in [5.74, 6) is -1.81. The molecule has 9 heteroatoms. The van der Waals surface area contributed by atoms with Crippen molar-refractivity contribution in [1.82, 2.24) is 5.43 Å². The molecule has 0 atom stereocenters. The molecular weight excluding hydrogens is 468 g/mol. The molecule has 3 amide bonds. The molecule has 0 aliphatic heterocycles. The minimum Gasteiger partial charge on any atom is -0.483 e. The highest BCUT2D eigenvalue weighted by Gasteiger charge is 2.14. The van der Waals surface area contributed by atoms with E-state index < -0.39 is 11.8 Å². The third-order valence-corrected chi connectivity index (χ3v) is 5.18. The van der Waals surface area contributed by atoms with E-state index in [1.807, 2.05) is 43.3 Å². The number of nitrogens with one attached hydrogen (secondary N) is 3. The quantitative estimate of drug-likeness (QED) is 0.247. The Labute approximate surface area is 208 Å². The van der Waals surface area contributed by atoms with Gasteiger partial charge in [0.2, 0.25) is 0 Å².